The van der Waals surface area contributed by atoms with Crippen molar-refractivity contribution < 1.29 is 9.84 Å². The summed E-state index contributed by atoms with van der Waals surface area (Å²) in [6.07, 6.45) is 1.71. The van der Waals surface area contributed by atoms with Crippen molar-refractivity contribution in [1.82, 2.24) is 0 Å². The van der Waals surface area contributed by atoms with Crippen LogP contribution < -0.4 is 10.5 Å². The number of hydrogen-bond donors (Lipinski definition) is 2. The van der Waals surface area contributed by atoms with E-state index in [4.69, 9.17) is 15.6 Å². The SMILES string of the molecule is COc1cccc(/C=C(\N)CO)c1. The summed E-state index contributed by atoms with van der Waals surface area (Å²) in [6.45, 7) is -0.128. The lowest BCUT2D eigenvalue weighted by atomic mass is 10.2. The zero-order valence-corrected chi connectivity index (χ0v) is 7.53. The summed E-state index contributed by atoms with van der Waals surface area (Å²) >= 11 is 0. The minimum Gasteiger partial charge on any atom is -0.497 e. The van der Waals surface area contributed by atoms with Crippen molar-refractivity contribution in [2.75, 3.05) is 13.7 Å². The number of ether oxygens (including phenoxy) is 1. The minimum atomic E-state index is -0.128. The fourth-order valence-corrected chi connectivity index (χ4v) is 0.991. The monoisotopic (exact) mass is 179 g/mol. The van der Waals surface area contributed by atoms with Crippen LogP contribution in [0.5, 0.6) is 5.75 Å². The fourth-order valence-electron chi connectivity index (χ4n) is 0.991. The second kappa shape index (κ2) is 4.52. The first kappa shape index (κ1) is 9.61. The van der Waals surface area contributed by atoms with Gasteiger partial charge in [-0.15, -0.1) is 0 Å². The van der Waals surface area contributed by atoms with E-state index in [1.54, 1.807) is 13.2 Å². The number of aliphatic hydroxyl groups excluding tert-OH is 1. The zero-order chi connectivity index (χ0) is 9.68. The van der Waals surface area contributed by atoms with Gasteiger partial charge in [-0.05, 0) is 23.8 Å². The van der Waals surface area contributed by atoms with Gasteiger partial charge in [0.05, 0.1) is 13.7 Å². The molecule has 0 amide bonds. The fraction of sp³-hybridized carbons (Fsp3) is 0.200. The molecule has 0 aliphatic rings. The highest BCUT2D eigenvalue weighted by atomic mass is 16.5. The van der Waals surface area contributed by atoms with Crippen LogP contribution in [0.3, 0.4) is 0 Å². The molecule has 0 radical (unpaired) electrons. The maximum atomic E-state index is 8.70. The lowest BCUT2D eigenvalue weighted by Crippen LogP contribution is -2.01. The number of hydrogen-bond acceptors (Lipinski definition) is 3. The molecule has 0 aliphatic carbocycles. The molecule has 1 aromatic carbocycles. The molecular weight excluding hydrogens is 166 g/mol. The van der Waals surface area contributed by atoms with E-state index >= 15 is 0 Å². The molecule has 0 aromatic heterocycles. The van der Waals surface area contributed by atoms with Crippen molar-refractivity contribution in [3.05, 3.63) is 35.5 Å². The van der Waals surface area contributed by atoms with E-state index in [1.165, 1.54) is 0 Å². The molecule has 0 atom stereocenters. The molecule has 1 aromatic rings. The third kappa shape index (κ3) is 2.80. The Labute approximate surface area is 77.4 Å². The van der Waals surface area contributed by atoms with Crippen LogP contribution >= 0.6 is 0 Å². The molecule has 0 unspecified atom stereocenters. The Balaban J connectivity index is 2.89. The maximum Gasteiger partial charge on any atom is 0.119 e. The van der Waals surface area contributed by atoms with Gasteiger partial charge in [0.15, 0.2) is 0 Å². The predicted molar refractivity (Wildman–Crippen MR) is 52.2 cm³/mol. The number of aliphatic hydroxyl groups is 1. The van der Waals surface area contributed by atoms with Gasteiger partial charge in [0.1, 0.15) is 5.75 Å². The molecule has 3 nitrogen and oxygen atoms in total. The zero-order valence-electron chi connectivity index (χ0n) is 7.53. The molecular formula is C10H13NO2. The second-order valence-electron chi connectivity index (χ2n) is 2.65. The maximum absolute atomic E-state index is 8.70. The average molecular weight is 179 g/mol. The average Bonchev–Trinajstić information content (AvgIpc) is 2.18. The Morgan fingerprint density at radius 2 is 2.38 bits per heavy atom. The first-order chi connectivity index (χ1) is 6.26. The van der Waals surface area contributed by atoms with Gasteiger partial charge in [-0.25, -0.2) is 0 Å². The van der Waals surface area contributed by atoms with Crippen molar-refractivity contribution in [1.29, 1.82) is 0 Å². The van der Waals surface area contributed by atoms with E-state index in [-0.39, 0.29) is 6.61 Å². The summed E-state index contributed by atoms with van der Waals surface area (Å²) in [5.41, 5.74) is 6.83. The summed E-state index contributed by atoms with van der Waals surface area (Å²) in [5.74, 6) is 0.777. The van der Waals surface area contributed by atoms with E-state index < -0.39 is 0 Å². The highest BCUT2D eigenvalue weighted by molar-refractivity contribution is 5.54. The molecule has 13 heavy (non-hydrogen) atoms. The molecule has 3 N–H and O–H groups in total. The second-order valence-corrected chi connectivity index (χ2v) is 2.65. The van der Waals surface area contributed by atoms with Gasteiger partial charge in [0, 0.05) is 5.70 Å². The number of rotatable bonds is 3. The van der Waals surface area contributed by atoms with Crippen LogP contribution in [0.2, 0.25) is 0 Å². The summed E-state index contributed by atoms with van der Waals surface area (Å²) in [4.78, 5) is 0. The molecule has 3 heteroatoms. The van der Waals surface area contributed by atoms with E-state index in [2.05, 4.69) is 0 Å². The Hall–Kier alpha value is -1.48. The molecule has 0 heterocycles. The van der Waals surface area contributed by atoms with Gasteiger partial charge >= 0.3 is 0 Å². The third-order valence-electron chi connectivity index (χ3n) is 1.63. The minimum absolute atomic E-state index is 0.128. The largest absolute Gasteiger partial charge is 0.497 e. The van der Waals surface area contributed by atoms with Crippen molar-refractivity contribution in [2.45, 2.75) is 0 Å². The normalized spacial score (nSPS) is 11.4. The highest BCUT2D eigenvalue weighted by Gasteiger charge is 1.93. The first-order valence-corrected chi connectivity index (χ1v) is 3.97. The standard InChI is InChI=1S/C10H13NO2/c1-13-10-4-2-3-8(6-10)5-9(11)7-12/h2-6,12H,7,11H2,1H3/b9-5-. The summed E-state index contributed by atoms with van der Waals surface area (Å²) in [5, 5.41) is 8.70. The Morgan fingerprint density at radius 1 is 1.62 bits per heavy atom. The number of nitrogens with two attached hydrogens (primary N) is 1. The van der Waals surface area contributed by atoms with Crippen molar-refractivity contribution in [2.24, 2.45) is 5.73 Å². The smallest absolute Gasteiger partial charge is 0.119 e. The van der Waals surface area contributed by atoms with Crippen molar-refractivity contribution >= 4 is 6.08 Å². The molecule has 0 bridgehead atoms. The molecule has 0 aliphatic heterocycles. The Kier molecular flexibility index (Phi) is 3.34. The number of benzene rings is 1. The molecule has 1 rings (SSSR count). The van der Waals surface area contributed by atoms with Gasteiger partial charge in [-0.1, -0.05) is 12.1 Å². The van der Waals surface area contributed by atoms with Gasteiger partial charge in [0.25, 0.3) is 0 Å². The lowest BCUT2D eigenvalue weighted by Gasteiger charge is -2.01. The van der Waals surface area contributed by atoms with Crippen LogP contribution in [0.25, 0.3) is 6.08 Å². The van der Waals surface area contributed by atoms with Crippen molar-refractivity contribution in [3.8, 4) is 5.75 Å². The highest BCUT2D eigenvalue weighted by Crippen LogP contribution is 2.13. The van der Waals surface area contributed by atoms with Crippen molar-refractivity contribution in [3.63, 3.8) is 0 Å². The quantitative estimate of drug-likeness (QED) is 0.727. The molecule has 0 saturated heterocycles. The van der Waals surface area contributed by atoms with Crippen LogP contribution in [0.1, 0.15) is 5.56 Å². The molecule has 70 valence electrons. The first-order valence-electron chi connectivity index (χ1n) is 3.97. The summed E-state index contributed by atoms with van der Waals surface area (Å²) in [6, 6.07) is 7.47. The molecule has 0 fully saturated rings. The van der Waals surface area contributed by atoms with Crippen LogP contribution in [-0.2, 0) is 0 Å². The Bertz CT molecular complexity index is 308. The van der Waals surface area contributed by atoms with Crippen LogP contribution in [0, 0.1) is 0 Å². The Morgan fingerprint density at radius 3 is 3.00 bits per heavy atom. The summed E-state index contributed by atoms with van der Waals surface area (Å²) in [7, 11) is 1.61. The molecule has 0 saturated carbocycles. The van der Waals surface area contributed by atoms with Crippen LogP contribution in [-0.4, -0.2) is 18.8 Å². The van der Waals surface area contributed by atoms with E-state index in [1.807, 2.05) is 24.3 Å². The third-order valence-corrected chi connectivity index (χ3v) is 1.63. The topological polar surface area (TPSA) is 55.5 Å². The van der Waals surface area contributed by atoms with E-state index in [0.717, 1.165) is 11.3 Å². The summed E-state index contributed by atoms with van der Waals surface area (Å²) < 4.78 is 5.04. The predicted octanol–water partition coefficient (Wildman–Crippen LogP) is 0.987. The van der Waals surface area contributed by atoms with Gasteiger partial charge < -0.3 is 15.6 Å². The van der Waals surface area contributed by atoms with Gasteiger partial charge in [-0.2, -0.15) is 0 Å². The van der Waals surface area contributed by atoms with Gasteiger partial charge in [-0.3, -0.25) is 0 Å². The van der Waals surface area contributed by atoms with Crippen LogP contribution in [0.15, 0.2) is 30.0 Å². The lowest BCUT2D eigenvalue weighted by molar-refractivity contribution is 0.331. The van der Waals surface area contributed by atoms with Gasteiger partial charge in [0.2, 0.25) is 0 Å². The van der Waals surface area contributed by atoms with E-state index in [9.17, 15) is 0 Å². The molecule has 0 spiro atoms. The number of methoxy groups -OCH3 is 1. The van der Waals surface area contributed by atoms with E-state index in [0.29, 0.717) is 5.70 Å². The van der Waals surface area contributed by atoms with Crippen LogP contribution in [0.4, 0.5) is 0 Å².